The molecule has 0 amide bonds. The van der Waals surface area contributed by atoms with Crippen LogP contribution < -0.4 is 0 Å². The summed E-state index contributed by atoms with van der Waals surface area (Å²) >= 11 is 0. The molecule has 0 aromatic heterocycles. The van der Waals surface area contributed by atoms with Crippen molar-refractivity contribution in [3.8, 4) is 12.3 Å². The summed E-state index contributed by atoms with van der Waals surface area (Å²) in [4.78, 5) is 0. The molecule has 88 valence electrons. The molecule has 0 aromatic carbocycles. The van der Waals surface area contributed by atoms with Crippen LogP contribution in [-0.2, 0) is 0 Å². The Morgan fingerprint density at radius 1 is 1.06 bits per heavy atom. The third kappa shape index (κ3) is 1.68. The summed E-state index contributed by atoms with van der Waals surface area (Å²) in [7, 11) is 0. The van der Waals surface area contributed by atoms with Crippen molar-refractivity contribution in [3.63, 3.8) is 0 Å². The Morgan fingerprint density at radius 3 is 2.12 bits per heavy atom. The number of hydrogen-bond donors (Lipinski definition) is 1. The van der Waals surface area contributed by atoms with Crippen molar-refractivity contribution in [3.05, 3.63) is 0 Å². The smallest absolute Gasteiger partial charge is 0.0582 e. The minimum Gasteiger partial charge on any atom is -0.393 e. The second-order valence-electron chi connectivity index (χ2n) is 6.32. The number of hydrogen-bond acceptors (Lipinski definition) is 1. The zero-order valence-corrected chi connectivity index (χ0v) is 9.94. The first kappa shape index (κ1) is 10.7. The monoisotopic (exact) mass is 218 g/mol. The number of aliphatic hydroxyl groups is 1. The van der Waals surface area contributed by atoms with Gasteiger partial charge >= 0.3 is 0 Å². The molecule has 4 fully saturated rings. The molecule has 0 radical (unpaired) electrons. The molecule has 4 saturated carbocycles. The normalized spacial score (nSPS) is 46.6. The molecule has 0 saturated heterocycles. The highest BCUT2D eigenvalue weighted by Gasteiger charge is 2.49. The largest absolute Gasteiger partial charge is 0.393 e. The second-order valence-corrected chi connectivity index (χ2v) is 6.32. The quantitative estimate of drug-likeness (QED) is 0.722. The van der Waals surface area contributed by atoms with Crippen LogP contribution in [0, 0.1) is 41.9 Å². The van der Waals surface area contributed by atoms with Gasteiger partial charge in [0.15, 0.2) is 0 Å². The Hall–Kier alpha value is -0.480. The topological polar surface area (TPSA) is 20.2 Å². The van der Waals surface area contributed by atoms with E-state index in [0.717, 1.165) is 36.5 Å². The van der Waals surface area contributed by atoms with E-state index in [1.807, 2.05) is 0 Å². The van der Waals surface area contributed by atoms with E-state index in [-0.39, 0.29) is 6.10 Å². The molecular formula is C15H22O. The minimum atomic E-state index is -0.119. The van der Waals surface area contributed by atoms with Gasteiger partial charge in [-0.05, 0) is 68.1 Å². The maximum absolute atomic E-state index is 10.3. The molecule has 16 heavy (non-hydrogen) atoms. The first-order valence-corrected chi connectivity index (χ1v) is 6.89. The average Bonchev–Trinajstić information content (AvgIpc) is 2.24. The van der Waals surface area contributed by atoms with Gasteiger partial charge in [0, 0.05) is 6.42 Å². The lowest BCUT2D eigenvalue weighted by atomic mass is 9.50. The molecule has 4 rings (SSSR count). The van der Waals surface area contributed by atoms with Gasteiger partial charge in [-0.3, -0.25) is 0 Å². The molecule has 0 spiro atoms. The van der Waals surface area contributed by atoms with E-state index < -0.39 is 0 Å². The van der Waals surface area contributed by atoms with Crippen LogP contribution in [0.2, 0.25) is 0 Å². The van der Waals surface area contributed by atoms with Gasteiger partial charge in [-0.1, -0.05) is 0 Å². The molecule has 4 aliphatic carbocycles. The van der Waals surface area contributed by atoms with E-state index in [2.05, 4.69) is 5.92 Å². The highest BCUT2D eigenvalue weighted by atomic mass is 16.3. The number of aliphatic hydroxyl groups excluding tert-OH is 1. The van der Waals surface area contributed by atoms with Gasteiger partial charge in [-0.15, -0.1) is 12.3 Å². The molecule has 4 aliphatic rings. The molecular weight excluding hydrogens is 196 g/mol. The van der Waals surface area contributed by atoms with Crippen LogP contribution in [0.3, 0.4) is 0 Å². The SMILES string of the molecule is C#CCCC(O)C1C2CC3CC(C2)CC1C3. The number of rotatable bonds is 3. The van der Waals surface area contributed by atoms with Gasteiger partial charge in [0.1, 0.15) is 0 Å². The fourth-order valence-electron chi connectivity index (χ4n) is 5.02. The van der Waals surface area contributed by atoms with Gasteiger partial charge in [0.2, 0.25) is 0 Å². The molecule has 4 bridgehead atoms. The van der Waals surface area contributed by atoms with Gasteiger partial charge in [-0.2, -0.15) is 0 Å². The summed E-state index contributed by atoms with van der Waals surface area (Å²) in [6.45, 7) is 0. The zero-order chi connectivity index (χ0) is 11.1. The predicted octanol–water partition coefficient (Wildman–Crippen LogP) is 2.83. The predicted molar refractivity (Wildman–Crippen MR) is 64.6 cm³/mol. The van der Waals surface area contributed by atoms with Crippen LogP contribution >= 0.6 is 0 Å². The summed E-state index contributed by atoms with van der Waals surface area (Å²) in [5.74, 6) is 6.89. The molecule has 1 heteroatoms. The Morgan fingerprint density at radius 2 is 1.62 bits per heavy atom. The van der Waals surface area contributed by atoms with Gasteiger partial charge in [-0.25, -0.2) is 0 Å². The van der Waals surface area contributed by atoms with Crippen LogP contribution in [0.1, 0.15) is 44.9 Å². The fourth-order valence-corrected chi connectivity index (χ4v) is 5.02. The first-order chi connectivity index (χ1) is 7.78. The summed E-state index contributed by atoms with van der Waals surface area (Å²) in [6, 6.07) is 0. The summed E-state index contributed by atoms with van der Waals surface area (Å²) in [5, 5.41) is 10.3. The van der Waals surface area contributed by atoms with Crippen molar-refractivity contribution in [2.75, 3.05) is 0 Å². The van der Waals surface area contributed by atoms with Crippen molar-refractivity contribution < 1.29 is 5.11 Å². The summed E-state index contributed by atoms with van der Waals surface area (Å²) in [5.41, 5.74) is 0. The van der Waals surface area contributed by atoms with Crippen molar-refractivity contribution in [1.82, 2.24) is 0 Å². The van der Waals surface area contributed by atoms with Crippen LogP contribution in [0.4, 0.5) is 0 Å². The molecule has 1 N–H and O–H groups in total. The van der Waals surface area contributed by atoms with Crippen LogP contribution in [-0.4, -0.2) is 11.2 Å². The Kier molecular flexibility index (Phi) is 2.72. The lowest BCUT2D eigenvalue weighted by Crippen LogP contribution is -2.49. The highest BCUT2D eigenvalue weighted by molar-refractivity contribution is 5.00. The molecule has 0 aliphatic heterocycles. The standard InChI is InChI=1S/C15H22O/c1-2-3-4-14(16)15-12-6-10-5-11(8-12)9-13(15)7-10/h1,10-16H,3-9H2. The highest BCUT2D eigenvalue weighted by Crippen LogP contribution is 2.57. The van der Waals surface area contributed by atoms with E-state index in [1.165, 1.54) is 32.1 Å². The van der Waals surface area contributed by atoms with Crippen LogP contribution in [0.25, 0.3) is 0 Å². The Labute approximate surface area is 98.6 Å². The van der Waals surface area contributed by atoms with E-state index >= 15 is 0 Å². The fraction of sp³-hybridized carbons (Fsp3) is 0.867. The lowest BCUT2D eigenvalue weighted by molar-refractivity contribution is -0.0906. The van der Waals surface area contributed by atoms with Gasteiger partial charge in [0.05, 0.1) is 6.10 Å². The van der Waals surface area contributed by atoms with Crippen LogP contribution in [0.5, 0.6) is 0 Å². The average molecular weight is 218 g/mol. The zero-order valence-electron chi connectivity index (χ0n) is 9.94. The summed E-state index contributed by atoms with van der Waals surface area (Å²) < 4.78 is 0. The molecule has 0 heterocycles. The van der Waals surface area contributed by atoms with Gasteiger partial charge < -0.3 is 5.11 Å². The van der Waals surface area contributed by atoms with Crippen molar-refractivity contribution in [2.24, 2.45) is 29.6 Å². The van der Waals surface area contributed by atoms with Crippen molar-refractivity contribution >= 4 is 0 Å². The lowest BCUT2D eigenvalue weighted by Gasteiger charge is -2.55. The van der Waals surface area contributed by atoms with Crippen LogP contribution in [0.15, 0.2) is 0 Å². The third-order valence-corrected chi connectivity index (χ3v) is 5.33. The van der Waals surface area contributed by atoms with E-state index in [1.54, 1.807) is 0 Å². The first-order valence-electron chi connectivity index (χ1n) is 6.89. The van der Waals surface area contributed by atoms with E-state index in [4.69, 9.17) is 6.42 Å². The Bertz CT molecular complexity index is 273. The third-order valence-electron chi connectivity index (χ3n) is 5.33. The second kappa shape index (κ2) is 4.08. The Balaban J connectivity index is 1.69. The maximum Gasteiger partial charge on any atom is 0.0582 e. The van der Waals surface area contributed by atoms with E-state index in [0.29, 0.717) is 5.92 Å². The van der Waals surface area contributed by atoms with Crippen molar-refractivity contribution in [2.45, 2.75) is 51.0 Å². The molecule has 1 nitrogen and oxygen atoms in total. The van der Waals surface area contributed by atoms with Crippen molar-refractivity contribution in [1.29, 1.82) is 0 Å². The number of terminal acetylenes is 1. The maximum atomic E-state index is 10.3. The van der Waals surface area contributed by atoms with Gasteiger partial charge in [0.25, 0.3) is 0 Å². The summed E-state index contributed by atoms with van der Waals surface area (Å²) in [6.07, 6.45) is 13.8. The molecule has 1 atom stereocenters. The molecule has 0 aromatic rings. The minimum absolute atomic E-state index is 0.119. The molecule has 1 unspecified atom stereocenters. The van der Waals surface area contributed by atoms with E-state index in [9.17, 15) is 5.11 Å².